The third-order valence-corrected chi connectivity index (χ3v) is 9.73. The van der Waals surface area contributed by atoms with E-state index in [-0.39, 0.29) is 27.9 Å². The molecule has 202 valence electrons. The first-order valence-corrected chi connectivity index (χ1v) is 15.2. The van der Waals surface area contributed by atoms with Crippen molar-refractivity contribution in [3.8, 4) is 0 Å². The number of nitrogens with zero attached hydrogens (tertiary/aromatic N) is 4. The predicted molar refractivity (Wildman–Crippen MR) is 183 cm³/mol. The second-order valence-electron chi connectivity index (χ2n) is 12.6. The van der Waals surface area contributed by atoms with Gasteiger partial charge in [0.1, 0.15) is 0 Å². The van der Waals surface area contributed by atoms with Gasteiger partial charge in [-0.1, -0.05) is 118 Å². The minimum absolute atomic E-state index is 0.0418. The van der Waals surface area contributed by atoms with E-state index in [2.05, 4.69) is 158 Å². The Bertz CT molecular complexity index is 1660. The van der Waals surface area contributed by atoms with E-state index in [9.17, 15) is 0 Å². The Morgan fingerprint density at radius 1 is 0.476 bits per heavy atom. The number of anilines is 2. The molecule has 4 aliphatic rings. The van der Waals surface area contributed by atoms with Crippen LogP contribution < -0.4 is 20.4 Å². The maximum atomic E-state index is 2.69. The Hall–Kier alpha value is -3.86. The predicted octanol–water partition coefficient (Wildman–Crippen LogP) is 5.30. The second kappa shape index (κ2) is 9.32. The van der Waals surface area contributed by atoms with Gasteiger partial charge in [0, 0.05) is 11.4 Å². The SMILES string of the molecule is Cc1cc(C)c(B2N3B(C=Cc4ccccc43)N3B(c4c(C)cc(C)cc4C)N4B(C=Cc5ccccc54)N23)c(C)c1. The lowest BCUT2D eigenvalue weighted by Crippen LogP contribution is -2.65. The molecule has 4 aliphatic heterocycles. The van der Waals surface area contributed by atoms with Crippen LogP contribution in [0, 0.1) is 41.5 Å². The zero-order chi connectivity index (χ0) is 28.9. The minimum atomic E-state index is 0.0418. The molecule has 0 atom stereocenters. The molecule has 0 unspecified atom stereocenters. The summed E-state index contributed by atoms with van der Waals surface area (Å²) in [6.45, 7) is 13.8. The molecule has 8 heteroatoms. The normalized spacial score (nSPS) is 17.1. The number of rotatable bonds is 2. The van der Waals surface area contributed by atoms with E-state index >= 15 is 0 Å². The summed E-state index contributed by atoms with van der Waals surface area (Å²) in [5, 5.41) is 0. The lowest BCUT2D eigenvalue weighted by molar-refractivity contribution is 0.438. The Labute approximate surface area is 251 Å². The topological polar surface area (TPSA) is 13.0 Å². The van der Waals surface area contributed by atoms with Crippen LogP contribution in [0.15, 0.2) is 84.7 Å². The van der Waals surface area contributed by atoms with Crippen LogP contribution in [-0.2, 0) is 0 Å². The fourth-order valence-corrected chi connectivity index (χ4v) is 8.37. The zero-order valence-electron chi connectivity index (χ0n) is 25.3. The van der Waals surface area contributed by atoms with Crippen LogP contribution in [0.2, 0.25) is 0 Å². The summed E-state index contributed by atoms with van der Waals surface area (Å²) in [5.74, 6) is 4.85. The van der Waals surface area contributed by atoms with E-state index in [0.29, 0.717) is 0 Å². The fraction of sp³-hybridized carbons (Fsp3) is 0.176. The van der Waals surface area contributed by atoms with Crippen molar-refractivity contribution in [2.75, 3.05) is 9.44 Å². The lowest BCUT2D eigenvalue weighted by Gasteiger charge is -2.39. The molecule has 0 saturated carbocycles. The summed E-state index contributed by atoms with van der Waals surface area (Å²) in [5.41, 5.74) is 16.0. The molecule has 0 aliphatic carbocycles. The maximum absolute atomic E-state index is 2.69. The molecule has 4 heterocycles. The summed E-state index contributed by atoms with van der Waals surface area (Å²) in [7, 11) is 0. The van der Waals surface area contributed by atoms with Gasteiger partial charge in [0.25, 0.3) is 0 Å². The van der Waals surface area contributed by atoms with Crippen LogP contribution in [0.4, 0.5) is 11.4 Å². The Balaban J connectivity index is 1.43. The van der Waals surface area contributed by atoms with Gasteiger partial charge >= 0.3 is 27.9 Å². The van der Waals surface area contributed by atoms with Gasteiger partial charge in [0.15, 0.2) is 0 Å². The molecule has 0 amide bonds. The van der Waals surface area contributed by atoms with Gasteiger partial charge in [0.05, 0.1) is 0 Å². The van der Waals surface area contributed by atoms with Gasteiger partial charge in [-0.15, -0.1) is 0 Å². The van der Waals surface area contributed by atoms with Crippen molar-refractivity contribution in [1.29, 1.82) is 0 Å². The number of aryl methyl sites for hydroxylation is 6. The highest BCUT2D eigenvalue weighted by Crippen LogP contribution is 2.43. The first kappa shape index (κ1) is 25.8. The molecule has 4 aromatic carbocycles. The van der Waals surface area contributed by atoms with Crippen LogP contribution in [0.25, 0.3) is 12.2 Å². The van der Waals surface area contributed by atoms with Crippen molar-refractivity contribution in [1.82, 2.24) is 9.66 Å². The molecule has 0 aromatic heterocycles. The number of para-hydroxylation sites is 2. The van der Waals surface area contributed by atoms with Crippen molar-refractivity contribution in [3.05, 3.63) is 129 Å². The Morgan fingerprint density at radius 2 is 0.833 bits per heavy atom. The van der Waals surface area contributed by atoms with Crippen LogP contribution in [0.5, 0.6) is 0 Å². The van der Waals surface area contributed by atoms with Crippen molar-refractivity contribution < 1.29 is 0 Å². The van der Waals surface area contributed by atoms with Gasteiger partial charge in [-0.2, -0.15) is 0 Å². The standard InChI is InChI=1S/C34H34B4N4/c1-23-19-25(3)33(26(4)20-23)37-39-31-13-9-7-11-29(31)15-17-35(39)42-38(34-27(5)21-24(2)22-28(34)6)40-32-14-10-8-12-30(32)16-18-36(40)41(37)42/h7-22H,1-6H3. The van der Waals surface area contributed by atoms with Crippen LogP contribution in [0.3, 0.4) is 0 Å². The second-order valence-corrected chi connectivity index (χ2v) is 12.6. The van der Waals surface area contributed by atoms with Gasteiger partial charge in [-0.25, -0.2) is 0 Å². The van der Waals surface area contributed by atoms with Gasteiger partial charge in [0.2, 0.25) is 0 Å². The molecule has 8 rings (SSSR count). The summed E-state index contributed by atoms with van der Waals surface area (Å²) < 4.78 is 5.36. The first-order chi connectivity index (χ1) is 20.3. The van der Waals surface area contributed by atoms with E-state index in [4.69, 9.17) is 0 Å². The molecule has 4 nitrogen and oxygen atoms in total. The third-order valence-electron chi connectivity index (χ3n) is 9.73. The number of hydrazine groups is 1. The van der Waals surface area contributed by atoms with Crippen LogP contribution in [-0.4, -0.2) is 37.6 Å². The van der Waals surface area contributed by atoms with Gasteiger partial charge in [-0.05, 0) is 75.7 Å². The highest BCUT2D eigenvalue weighted by molar-refractivity contribution is 7.10. The lowest BCUT2D eigenvalue weighted by atomic mass is 9.45. The summed E-state index contributed by atoms with van der Waals surface area (Å²) in [6, 6.07) is 27.2. The number of hydrogen-bond acceptors (Lipinski definition) is 4. The highest BCUT2D eigenvalue weighted by Gasteiger charge is 2.66. The van der Waals surface area contributed by atoms with Crippen LogP contribution in [0.1, 0.15) is 44.5 Å². The summed E-state index contributed by atoms with van der Waals surface area (Å²) in [6.07, 6.45) is 4.66. The highest BCUT2D eigenvalue weighted by atomic mass is 15.7. The van der Waals surface area contributed by atoms with E-state index in [1.54, 1.807) is 0 Å². The number of hydrogen-bond donors (Lipinski definition) is 0. The zero-order valence-corrected chi connectivity index (χ0v) is 25.3. The van der Waals surface area contributed by atoms with Crippen molar-refractivity contribution in [2.45, 2.75) is 41.5 Å². The Kier molecular flexibility index (Phi) is 5.73. The quantitative estimate of drug-likeness (QED) is 0.320. The number of benzene rings is 4. The van der Waals surface area contributed by atoms with E-state index in [0.717, 1.165) is 0 Å². The van der Waals surface area contributed by atoms with E-state index < -0.39 is 0 Å². The molecule has 42 heavy (non-hydrogen) atoms. The maximum Gasteiger partial charge on any atom is 0.370 e. The fourth-order valence-electron chi connectivity index (χ4n) is 8.37. The van der Waals surface area contributed by atoms with Gasteiger partial charge < -0.3 is 9.44 Å². The third kappa shape index (κ3) is 3.55. The van der Waals surface area contributed by atoms with Gasteiger partial charge in [-0.3, -0.25) is 9.66 Å². The largest absolute Gasteiger partial charge is 0.425 e. The summed E-state index contributed by atoms with van der Waals surface area (Å²) >= 11 is 0. The van der Waals surface area contributed by atoms with E-state index in [1.165, 1.54) is 66.8 Å². The molecule has 2 fully saturated rings. The van der Waals surface area contributed by atoms with E-state index in [1.807, 2.05) is 0 Å². The van der Waals surface area contributed by atoms with Crippen LogP contribution >= 0.6 is 0 Å². The monoisotopic (exact) mass is 542 g/mol. The smallest absolute Gasteiger partial charge is 0.370 e. The average molecular weight is 542 g/mol. The first-order valence-electron chi connectivity index (χ1n) is 15.2. The molecule has 0 radical (unpaired) electrons. The molecular weight excluding hydrogens is 508 g/mol. The minimum Gasteiger partial charge on any atom is -0.425 e. The van der Waals surface area contributed by atoms with Crippen molar-refractivity contribution in [3.63, 3.8) is 0 Å². The molecule has 4 aromatic rings. The Morgan fingerprint density at radius 3 is 1.21 bits per heavy atom. The average Bonchev–Trinajstić information content (AvgIpc) is 3.46. The van der Waals surface area contributed by atoms with Crippen molar-refractivity contribution >= 4 is 62.4 Å². The number of fused-ring (bicyclic) bond motifs is 9. The molecule has 0 spiro atoms. The molecule has 2 saturated heterocycles. The van der Waals surface area contributed by atoms with Crippen molar-refractivity contribution in [2.24, 2.45) is 0 Å². The molecule has 0 N–H and O–H groups in total. The molecule has 0 bridgehead atoms. The summed E-state index contributed by atoms with van der Waals surface area (Å²) in [4.78, 5) is 5.38. The molecular formula is C34H34B4N4.